The normalized spacial score (nSPS) is 12.4. The van der Waals surface area contributed by atoms with Crippen LogP contribution >= 0.6 is 0 Å². The third-order valence-corrected chi connectivity index (χ3v) is 11.9. The van der Waals surface area contributed by atoms with Gasteiger partial charge in [0.25, 0.3) is 0 Å². The van der Waals surface area contributed by atoms with Gasteiger partial charge in [0.1, 0.15) is 0 Å². The molecule has 0 heteroatoms. The minimum Gasteiger partial charge on any atom is -0.0617 e. The summed E-state index contributed by atoms with van der Waals surface area (Å²) in [4.78, 5) is 0. The Hall–Kier alpha value is -5.98. The van der Waals surface area contributed by atoms with Crippen LogP contribution in [0.1, 0.15) is 22.3 Å². The highest BCUT2D eigenvalue weighted by Gasteiger charge is 2.20. The van der Waals surface area contributed by atoms with Crippen LogP contribution in [0.15, 0.2) is 133 Å². The van der Waals surface area contributed by atoms with Gasteiger partial charge in [-0.3, -0.25) is 0 Å². The van der Waals surface area contributed by atoms with Gasteiger partial charge in [0.05, 0.1) is 0 Å². The van der Waals surface area contributed by atoms with Crippen LogP contribution in [-0.4, -0.2) is 0 Å². The first kappa shape index (κ1) is 27.9. The van der Waals surface area contributed by atoms with Crippen molar-refractivity contribution >= 4 is 86.2 Å². The molecule has 0 aliphatic carbocycles. The highest BCUT2D eigenvalue weighted by atomic mass is 14.2. The van der Waals surface area contributed by atoms with E-state index in [2.05, 4.69) is 161 Å². The Kier molecular flexibility index (Phi) is 5.47. The molecule has 0 saturated carbocycles. The van der Waals surface area contributed by atoms with E-state index in [0.717, 1.165) is 0 Å². The van der Waals surface area contributed by atoms with Crippen LogP contribution in [0.3, 0.4) is 0 Å². The summed E-state index contributed by atoms with van der Waals surface area (Å²) in [6.07, 6.45) is 0. The Labute approximate surface area is 290 Å². The molecule has 0 bridgehead atoms. The summed E-state index contributed by atoms with van der Waals surface area (Å²) in [6, 6.07) is 51.0. The van der Waals surface area contributed by atoms with Gasteiger partial charge >= 0.3 is 0 Å². The molecule has 11 aromatic carbocycles. The summed E-state index contributed by atoms with van der Waals surface area (Å²) in [7, 11) is 0. The predicted molar refractivity (Wildman–Crippen MR) is 219 cm³/mol. The van der Waals surface area contributed by atoms with Crippen molar-refractivity contribution in [1.29, 1.82) is 0 Å². The fourth-order valence-corrected chi connectivity index (χ4v) is 9.71. The summed E-state index contributed by atoms with van der Waals surface area (Å²) in [6.45, 7) is 8.92. The average Bonchev–Trinajstić information content (AvgIpc) is 3.61. The van der Waals surface area contributed by atoms with E-state index in [0.29, 0.717) is 0 Å². The zero-order valence-electron chi connectivity index (χ0n) is 28.7. The molecule has 0 fully saturated rings. The summed E-state index contributed by atoms with van der Waals surface area (Å²) < 4.78 is 0. The van der Waals surface area contributed by atoms with Crippen LogP contribution in [0.5, 0.6) is 0 Å². The molecule has 0 heterocycles. The van der Waals surface area contributed by atoms with Crippen LogP contribution in [0.4, 0.5) is 0 Å². The number of hydrogen-bond donors (Lipinski definition) is 0. The average molecular weight is 635 g/mol. The maximum absolute atomic E-state index is 2.51. The smallest absolute Gasteiger partial charge is 0.00199 e. The predicted octanol–water partition coefficient (Wildman–Crippen LogP) is 14.4. The standard InChI is InChI=1S/C50H34/c1-27-9-5-10-28(2)47(27)31-17-19-33-37-13-7-15-39-35-21-22-36-40-16-8-14-38-34-20-18-32(48-29(3)11-6-12-30(48)4)24-42(34)46(50(38)40)26-44(36)43(35)25-45(49(37)39)41(33)23-31/h5-26H,1-4H3. The van der Waals surface area contributed by atoms with Crippen LogP contribution in [0.2, 0.25) is 0 Å². The van der Waals surface area contributed by atoms with E-state index in [1.807, 2.05) is 0 Å². The molecule has 0 amide bonds. The summed E-state index contributed by atoms with van der Waals surface area (Å²) in [5.74, 6) is 0. The van der Waals surface area contributed by atoms with Crippen molar-refractivity contribution in [2.45, 2.75) is 27.7 Å². The van der Waals surface area contributed by atoms with Gasteiger partial charge in [-0.05, 0) is 183 Å². The van der Waals surface area contributed by atoms with Gasteiger partial charge in [0.15, 0.2) is 0 Å². The van der Waals surface area contributed by atoms with Gasteiger partial charge in [0.2, 0.25) is 0 Å². The SMILES string of the molecule is Cc1cccc(C)c1-c1ccc2c(c1)c1cc3c4cc5c6cc(-c7c(C)cccc7C)ccc6c6cccc(c4ccc3c3cccc2c31)c65. The van der Waals surface area contributed by atoms with Crippen LogP contribution in [0, 0.1) is 27.7 Å². The molecule has 11 rings (SSSR count). The molecular weight excluding hydrogens is 601 g/mol. The lowest BCUT2D eigenvalue weighted by atomic mass is 9.91. The number of hydrogen-bond acceptors (Lipinski definition) is 0. The molecule has 0 aliphatic rings. The zero-order chi connectivity index (χ0) is 33.4. The molecule has 0 radical (unpaired) electrons. The zero-order valence-corrected chi connectivity index (χ0v) is 28.7. The van der Waals surface area contributed by atoms with Crippen molar-refractivity contribution in [3.05, 3.63) is 156 Å². The van der Waals surface area contributed by atoms with E-state index in [9.17, 15) is 0 Å². The molecule has 11 aromatic rings. The van der Waals surface area contributed by atoms with Gasteiger partial charge in [-0.2, -0.15) is 0 Å². The second kappa shape index (κ2) is 9.80. The molecule has 0 aliphatic heterocycles. The van der Waals surface area contributed by atoms with Crippen molar-refractivity contribution in [2.24, 2.45) is 0 Å². The lowest BCUT2D eigenvalue weighted by molar-refractivity contribution is 1.38. The minimum absolute atomic E-state index is 1.29. The number of fused-ring (bicyclic) bond motifs is 11. The maximum Gasteiger partial charge on any atom is -0.00199 e. The molecule has 0 saturated heterocycles. The minimum atomic E-state index is 1.29. The highest BCUT2D eigenvalue weighted by molar-refractivity contribution is 6.40. The first-order valence-electron chi connectivity index (χ1n) is 17.8. The van der Waals surface area contributed by atoms with Gasteiger partial charge in [-0.1, -0.05) is 109 Å². The van der Waals surface area contributed by atoms with Gasteiger partial charge < -0.3 is 0 Å². The Morgan fingerprint density at radius 2 is 0.540 bits per heavy atom. The molecule has 0 spiro atoms. The summed E-state index contributed by atoms with van der Waals surface area (Å²) in [5.41, 5.74) is 10.6. The van der Waals surface area contributed by atoms with Crippen molar-refractivity contribution in [3.63, 3.8) is 0 Å². The molecule has 0 unspecified atom stereocenters. The molecule has 234 valence electrons. The van der Waals surface area contributed by atoms with E-state index in [1.165, 1.54) is 131 Å². The van der Waals surface area contributed by atoms with Crippen molar-refractivity contribution in [2.75, 3.05) is 0 Å². The molecule has 0 atom stereocenters. The third kappa shape index (κ3) is 3.56. The Bertz CT molecular complexity index is 2970. The van der Waals surface area contributed by atoms with Crippen LogP contribution in [0.25, 0.3) is 108 Å². The maximum atomic E-state index is 2.51. The molecular formula is C50H34. The fourth-order valence-electron chi connectivity index (χ4n) is 9.71. The topological polar surface area (TPSA) is 0 Å². The molecule has 0 aromatic heterocycles. The van der Waals surface area contributed by atoms with Crippen LogP contribution < -0.4 is 0 Å². The van der Waals surface area contributed by atoms with Crippen molar-refractivity contribution in [3.8, 4) is 22.3 Å². The second-order valence-corrected chi connectivity index (χ2v) is 14.6. The first-order chi connectivity index (χ1) is 24.5. The lowest BCUT2D eigenvalue weighted by Gasteiger charge is -2.12. The Morgan fingerprint density at radius 1 is 0.240 bits per heavy atom. The Morgan fingerprint density at radius 3 is 0.900 bits per heavy atom. The number of aryl methyl sites for hydroxylation is 4. The van der Waals surface area contributed by atoms with E-state index in [4.69, 9.17) is 0 Å². The fraction of sp³-hybridized carbons (Fsp3) is 0.0800. The Balaban J connectivity index is 1.27. The summed E-state index contributed by atoms with van der Waals surface area (Å²) in [5, 5.41) is 21.5. The lowest BCUT2D eigenvalue weighted by Crippen LogP contribution is -1.87. The van der Waals surface area contributed by atoms with Crippen LogP contribution in [-0.2, 0) is 0 Å². The first-order valence-corrected chi connectivity index (χ1v) is 17.8. The van der Waals surface area contributed by atoms with Gasteiger partial charge in [0, 0.05) is 0 Å². The van der Waals surface area contributed by atoms with Gasteiger partial charge in [-0.15, -0.1) is 0 Å². The number of rotatable bonds is 2. The molecule has 0 nitrogen and oxygen atoms in total. The molecule has 0 N–H and O–H groups in total. The third-order valence-electron chi connectivity index (χ3n) is 11.9. The van der Waals surface area contributed by atoms with E-state index in [-0.39, 0.29) is 0 Å². The monoisotopic (exact) mass is 634 g/mol. The highest BCUT2D eigenvalue weighted by Crippen LogP contribution is 2.48. The van der Waals surface area contributed by atoms with Crippen molar-refractivity contribution < 1.29 is 0 Å². The quantitative estimate of drug-likeness (QED) is 0.166. The van der Waals surface area contributed by atoms with Crippen molar-refractivity contribution in [1.82, 2.24) is 0 Å². The van der Waals surface area contributed by atoms with E-state index >= 15 is 0 Å². The summed E-state index contributed by atoms with van der Waals surface area (Å²) >= 11 is 0. The van der Waals surface area contributed by atoms with Gasteiger partial charge in [-0.25, -0.2) is 0 Å². The largest absolute Gasteiger partial charge is 0.0617 e. The number of benzene rings is 9. The molecule has 50 heavy (non-hydrogen) atoms. The van der Waals surface area contributed by atoms with E-state index in [1.54, 1.807) is 0 Å². The second-order valence-electron chi connectivity index (χ2n) is 14.6. The van der Waals surface area contributed by atoms with E-state index < -0.39 is 0 Å².